The van der Waals surface area contributed by atoms with Gasteiger partial charge >= 0.3 is 0 Å². The summed E-state index contributed by atoms with van der Waals surface area (Å²) >= 11 is 6.26. The van der Waals surface area contributed by atoms with Crippen LogP contribution in [0.1, 0.15) is 40.9 Å². The van der Waals surface area contributed by atoms with Crippen LogP contribution < -0.4 is 10.5 Å². The topological polar surface area (TPSA) is 52.3 Å². The maximum absolute atomic E-state index is 13.0. The molecule has 2 aromatic carbocycles. The molecule has 0 atom stereocenters. The lowest BCUT2D eigenvalue weighted by Crippen LogP contribution is -2.14. The van der Waals surface area contributed by atoms with Gasteiger partial charge in [-0.2, -0.15) is 0 Å². The van der Waals surface area contributed by atoms with Crippen molar-refractivity contribution in [3.8, 4) is 5.75 Å². The van der Waals surface area contributed by atoms with Gasteiger partial charge in [-0.25, -0.2) is 0 Å². The molecule has 0 spiro atoms. The van der Waals surface area contributed by atoms with Gasteiger partial charge in [0.25, 0.3) is 0 Å². The first kappa shape index (κ1) is 16.4. The number of halogens is 1. The van der Waals surface area contributed by atoms with Crippen LogP contribution in [0, 0.1) is 13.8 Å². The molecule has 116 valence electrons. The minimum absolute atomic E-state index is 0.0426. The van der Waals surface area contributed by atoms with E-state index in [4.69, 9.17) is 22.1 Å². The molecule has 3 nitrogen and oxygen atoms in total. The lowest BCUT2D eigenvalue weighted by Gasteiger charge is -2.19. The Morgan fingerprint density at radius 1 is 1.23 bits per heavy atom. The van der Waals surface area contributed by atoms with Gasteiger partial charge in [0.15, 0.2) is 5.78 Å². The largest absolute Gasteiger partial charge is 0.490 e. The molecule has 0 bridgehead atoms. The number of nitrogens with two attached hydrogens (primary N) is 1. The molecular formula is C18H20ClNO2. The van der Waals surface area contributed by atoms with E-state index < -0.39 is 0 Å². The number of hydrogen-bond donors (Lipinski definition) is 1. The van der Waals surface area contributed by atoms with E-state index >= 15 is 0 Å². The van der Waals surface area contributed by atoms with Crippen molar-refractivity contribution < 1.29 is 9.53 Å². The summed E-state index contributed by atoms with van der Waals surface area (Å²) in [5.41, 5.74) is 8.87. The Kier molecular flexibility index (Phi) is 4.77. The number of aryl methyl sites for hydroxylation is 1. The maximum Gasteiger partial charge on any atom is 0.199 e. The third kappa shape index (κ3) is 3.09. The number of para-hydroxylation sites is 1. The minimum atomic E-state index is -0.170. The van der Waals surface area contributed by atoms with Crippen molar-refractivity contribution >= 4 is 23.1 Å². The Morgan fingerprint density at radius 2 is 1.86 bits per heavy atom. The molecule has 22 heavy (non-hydrogen) atoms. The molecule has 0 unspecified atom stereocenters. The molecular weight excluding hydrogens is 298 g/mol. The zero-order chi connectivity index (χ0) is 16.4. The van der Waals surface area contributed by atoms with Gasteiger partial charge in [-0.05, 0) is 57.0 Å². The smallest absolute Gasteiger partial charge is 0.199 e. The zero-order valence-electron chi connectivity index (χ0n) is 13.2. The molecule has 0 aliphatic carbocycles. The summed E-state index contributed by atoms with van der Waals surface area (Å²) < 4.78 is 5.87. The highest BCUT2D eigenvalue weighted by molar-refractivity contribution is 6.32. The maximum atomic E-state index is 13.0. The molecule has 0 fully saturated rings. The number of benzene rings is 2. The number of ether oxygens (including phenoxy) is 1. The van der Waals surface area contributed by atoms with Gasteiger partial charge in [-0.15, -0.1) is 0 Å². The normalized spacial score (nSPS) is 10.8. The number of anilines is 1. The quantitative estimate of drug-likeness (QED) is 0.664. The molecule has 0 heterocycles. The number of carbonyl (C=O) groups is 1. The van der Waals surface area contributed by atoms with Crippen molar-refractivity contribution in [1.82, 2.24) is 0 Å². The van der Waals surface area contributed by atoms with Crippen molar-refractivity contribution in [3.63, 3.8) is 0 Å². The SMILES string of the molecule is Cc1cc(Cl)c(C)c(C(=O)c2ccccc2N)c1OC(C)C. The second kappa shape index (κ2) is 6.41. The van der Waals surface area contributed by atoms with Crippen molar-refractivity contribution in [2.45, 2.75) is 33.8 Å². The lowest BCUT2D eigenvalue weighted by atomic mass is 9.95. The average Bonchev–Trinajstić information content (AvgIpc) is 2.44. The van der Waals surface area contributed by atoms with Crippen LogP contribution in [0.5, 0.6) is 5.75 Å². The Labute approximate surface area is 136 Å². The molecule has 2 aromatic rings. The fourth-order valence-electron chi connectivity index (χ4n) is 2.35. The molecule has 0 amide bonds. The van der Waals surface area contributed by atoms with E-state index in [0.717, 1.165) is 5.56 Å². The van der Waals surface area contributed by atoms with E-state index in [1.54, 1.807) is 24.3 Å². The van der Waals surface area contributed by atoms with Gasteiger partial charge in [0.05, 0.1) is 11.7 Å². The summed E-state index contributed by atoms with van der Waals surface area (Å²) in [5.74, 6) is 0.405. The highest BCUT2D eigenvalue weighted by atomic mass is 35.5. The second-order valence-electron chi connectivity index (χ2n) is 5.59. The summed E-state index contributed by atoms with van der Waals surface area (Å²) in [6.07, 6.45) is -0.0426. The monoisotopic (exact) mass is 317 g/mol. The molecule has 0 aromatic heterocycles. The van der Waals surface area contributed by atoms with E-state index in [1.165, 1.54) is 0 Å². The van der Waals surface area contributed by atoms with Gasteiger partial charge in [-0.3, -0.25) is 4.79 Å². The molecule has 0 saturated heterocycles. The van der Waals surface area contributed by atoms with E-state index in [-0.39, 0.29) is 11.9 Å². The van der Waals surface area contributed by atoms with Crippen LogP contribution in [-0.2, 0) is 0 Å². The van der Waals surface area contributed by atoms with Gasteiger partial charge in [0.2, 0.25) is 0 Å². The van der Waals surface area contributed by atoms with Gasteiger partial charge in [0, 0.05) is 16.3 Å². The van der Waals surface area contributed by atoms with Crippen LogP contribution in [0.15, 0.2) is 30.3 Å². The highest BCUT2D eigenvalue weighted by Crippen LogP contribution is 2.35. The molecule has 0 saturated carbocycles. The van der Waals surface area contributed by atoms with Gasteiger partial charge < -0.3 is 10.5 Å². The third-order valence-corrected chi connectivity index (χ3v) is 3.84. The summed E-state index contributed by atoms with van der Waals surface area (Å²) in [6.45, 7) is 7.55. The predicted octanol–water partition coefficient (Wildman–Crippen LogP) is 4.56. The minimum Gasteiger partial charge on any atom is -0.490 e. The molecule has 2 rings (SSSR count). The van der Waals surface area contributed by atoms with E-state index in [1.807, 2.05) is 33.8 Å². The van der Waals surface area contributed by atoms with Crippen molar-refractivity contribution in [2.24, 2.45) is 0 Å². The number of nitrogen functional groups attached to an aromatic ring is 1. The van der Waals surface area contributed by atoms with Crippen molar-refractivity contribution in [1.29, 1.82) is 0 Å². The van der Waals surface area contributed by atoms with Crippen LogP contribution in [0.25, 0.3) is 0 Å². The van der Waals surface area contributed by atoms with Crippen molar-refractivity contribution in [3.05, 3.63) is 57.6 Å². The summed E-state index contributed by atoms with van der Waals surface area (Å²) in [4.78, 5) is 13.0. The summed E-state index contributed by atoms with van der Waals surface area (Å²) in [5, 5.41) is 0.548. The fraction of sp³-hybridized carbons (Fsp3) is 0.278. The first-order chi connectivity index (χ1) is 10.3. The van der Waals surface area contributed by atoms with Crippen LogP contribution >= 0.6 is 11.6 Å². The van der Waals surface area contributed by atoms with Gasteiger partial charge in [0.1, 0.15) is 5.75 Å². The first-order valence-corrected chi connectivity index (χ1v) is 7.56. The Morgan fingerprint density at radius 3 is 2.45 bits per heavy atom. The number of ketones is 1. The van der Waals surface area contributed by atoms with Crippen LogP contribution in [0.2, 0.25) is 5.02 Å². The fourth-order valence-corrected chi connectivity index (χ4v) is 2.61. The van der Waals surface area contributed by atoms with Gasteiger partial charge in [-0.1, -0.05) is 23.7 Å². The predicted molar refractivity (Wildman–Crippen MR) is 91.0 cm³/mol. The molecule has 0 aliphatic heterocycles. The van der Waals surface area contributed by atoms with E-state index in [0.29, 0.717) is 33.1 Å². The van der Waals surface area contributed by atoms with E-state index in [9.17, 15) is 4.79 Å². The Hall–Kier alpha value is -2.00. The second-order valence-corrected chi connectivity index (χ2v) is 5.99. The zero-order valence-corrected chi connectivity index (χ0v) is 14.0. The molecule has 0 radical (unpaired) electrons. The molecule has 0 aliphatic rings. The Bertz CT molecular complexity index is 723. The number of carbonyl (C=O) groups excluding carboxylic acids is 1. The molecule has 2 N–H and O–H groups in total. The number of hydrogen-bond acceptors (Lipinski definition) is 3. The average molecular weight is 318 g/mol. The number of rotatable bonds is 4. The standard InChI is InChI=1S/C18H20ClNO2/c1-10(2)22-18-11(3)9-14(19)12(4)16(18)17(21)13-7-5-6-8-15(13)20/h5-10H,20H2,1-4H3. The summed E-state index contributed by atoms with van der Waals surface area (Å²) in [6, 6.07) is 8.84. The van der Waals surface area contributed by atoms with Crippen LogP contribution in [0.4, 0.5) is 5.69 Å². The Balaban J connectivity index is 2.67. The first-order valence-electron chi connectivity index (χ1n) is 7.18. The molecule has 4 heteroatoms. The lowest BCUT2D eigenvalue weighted by molar-refractivity contribution is 0.103. The van der Waals surface area contributed by atoms with Crippen LogP contribution in [0.3, 0.4) is 0 Å². The van der Waals surface area contributed by atoms with E-state index in [2.05, 4.69) is 0 Å². The summed E-state index contributed by atoms with van der Waals surface area (Å²) in [7, 11) is 0. The van der Waals surface area contributed by atoms with Crippen LogP contribution in [-0.4, -0.2) is 11.9 Å². The van der Waals surface area contributed by atoms with Crippen molar-refractivity contribution in [2.75, 3.05) is 5.73 Å². The third-order valence-electron chi connectivity index (χ3n) is 3.45. The highest BCUT2D eigenvalue weighted by Gasteiger charge is 2.23.